The van der Waals surface area contributed by atoms with Crippen molar-refractivity contribution in [3.63, 3.8) is 0 Å². The topological polar surface area (TPSA) is 50.1 Å². The van der Waals surface area contributed by atoms with E-state index < -0.39 is 0 Å². The lowest BCUT2D eigenvalue weighted by atomic mass is 10.1. The Morgan fingerprint density at radius 3 is 2.21 bits per heavy atom. The van der Waals surface area contributed by atoms with Gasteiger partial charge in [-0.15, -0.1) is 0 Å². The van der Waals surface area contributed by atoms with E-state index in [1.165, 1.54) is 16.8 Å². The third-order valence-electron chi connectivity index (χ3n) is 4.74. The van der Waals surface area contributed by atoms with E-state index in [0.717, 1.165) is 11.1 Å². The van der Waals surface area contributed by atoms with E-state index >= 15 is 0 Å². The fourth-order valence-corrected chi connectivity index (χ4v) is 3.23. The number of aromatic amines is 1. The Bertz CT molecular complexity index is 1190. The second-order valence-corrected chi connectivity index (χ2v) is 6.73. The van der Waals surface area contributed by atoms with Crippen molar-refractivity contribution < 1.29 is 4.39 Å². The van der Waals surface area contributed by atoms with E-state index in [-0.39, 0.29) is 11.4 Å². The zero-order valence-electron chi connectivity index (χ0n) is 16.0. The van der Waals surface area contributed by atoms with Crippen LogP contribution in [0.4, 0.5) is 4.39 Å². The van der Waals surface area contributed by atoms with Gasteiger partial charge in [0.15, 0.2) is 0 Å². The van der Waals surface area contributed by atoms with Crippen LogP contribution >= 0.6 is 0 Å². The van der Waals surface area contributed by atoms with Gasteiger partial charge in [-0.05, 0) is 36.8 Å². The molecule has 4 aromatic rings. The molecule has 0 aliphatic carbocycles. The predicted octanol–water partition coefficient (Wildman–Crippen LogP) is 4.98. The van der Waals surface area contributed by atoms with Gasteiger partial charge in [-0.25, -0.2) is 9.07 Å². The third kappa shape index (κ3) is 3.94. The highest BCUT2D eigenvalue weighted by molar-refractivity contribution is 6.03. The van der Waals surface area contributed by atoms with Crippen LogP contribution < -0.4 is 5.56 Å². The summed E-state index contributed by atoms with van der Waals surface area (Å²) in [6, 6.07) is 25.4. The normalized spacial score (nSPS) is 11.6. The second-order valence-electron chi connectivity index (χ2n) is 6.73. The van der Waals surface area contributed by atoms with Crippen LogP contribution in [-0.4, -0.2) is 15.5 Å². The first-order valence-electron chi connectivity index (χ1n) is 9.35. The van der Waals surface area contributed by atoms with E-state index in [1.54, 1.807) is 12.1 Å². The molecule has 1 N–H and O–H groups in total. The number of H-pyrrole nitrogens is 1. The molecule has 0 saturated carbocycles. The molecule has 4 rings (SSSR count). The number of halogens is 1. The smallest absolute Gasteiger partial charge is 0.280 e. The van der Waals surface area contributed by atoms with E-state index in [4.69, 9.17) is 0 Å². The van der Waals surface area contributed by atoms with Crippen LogP contribution in [0.2, 0.25) is 0 Å². The molecule has 4 nitrogen and oxygen atoms in total. The molecular weight excluding hydrogens is 365 g/mol. The Balaban J connectivity index is 1.82. The van der Waals surface area contributed by atoms with Gasteiger partial charge in [-0.3, -0.25) is 14.9 Å². The molecule has 29 heavy (non-hydrogen) atoms. The molecule has 0 saturated heterocycles. The first-order valence-corrected chi connectivity index (χ1v) is 9.35. The molecule has 0 aliphatic rings. The maximum Gasteiger partial charge on any atom is 0.280 e. The van der Waals surface area contributed by atoms with Crippen LogP contribution in [0.5, 0.6) is 0 Å². The number of aromatic nitrogens is 2. The number of nitrogens with zero attached hydrogens (tertiary/aromatic N) is 2. The number of hydrogen-bond acceptors (Lipinski definition) is 2. The molecule has 0 spiro atoms. The Labute approximate surface area is 168 Å². The summed E-state index contributed by atoms with van der Waals surface area (Å²) in [5.74, 6) is -0.350. The lowest BCUT2D eigenvalue weighted by Gasteiger charge is -2.03. The average Bonchev–Trinajstić information content (AvgIpc) is 3.11. The monoisotopic (exact) mass is 385 g/mol. The van der Waals surface area contributed by atoms with Crippen LogP contribution in [0.1, 0.15) is 18.1 Å². The predicted molar refractivity (Wildman–Crippen MR) is 114 cm³/mol. The molecule has 0 amide bonds. The molecule has 144 valence electrons. The molecule has 0 radical (unpaired) electrons. The first-order chi connectivity index (χ1) is 14.1. The molecule has 0 bridgehead atoms. The van der Waals surface area contributed by atoms with Crippen LogP contribution in [0.3, 0.4) is 0 Å². The summed E-state index contributed by atoms with van der Waals surface area (Å²) in [6.45, 7) is 2.33. The minimum atomic E-state index is -0.350. The quantitative estimate of drug-likeness (QED) is 0.484. The SMILES string of the molecule is CC(=NCc1ccccc1)c1c(-c2ccccc2)[nH]n(-c2ccc(F)cc2)c1=O. The summed E-state index contributed by atoms with van der Waals surface area (Å²) in [6.07, 6.45) is 0. The van der Waals surface area contributed by atoms with Crippen molar-refractivity contribution in [1.29, 1.82) is 0 Å². The largest absolute Gasteiger partial charge is 0.290 e. The molecule has 1 aromatic heterocycles. The van der Waals surface area contributed by atoms with Gasteiger partial charge in [0.25, 0.3) is 5.56 Å². The second kappa shape index (κ2) is 8.10. The first kappa shape index (κ1) is 18.6. The standard InChI is InChI=1S/C24H20FN3O/c1-17(26-16-18-8-4-2-5-9-18)22-23(19-10-6-3-7-11-19)27-28(24(22)29)21-14-12-20(25)13-15-21/h2-15,27H,16H2,1H3. The Kier molecular flexibility index (Phi) is 5.20. The fourth-order valence-electron chi connectivity index (χ4n) is 3.23. The van der Waals surface area contributed by atoms with Crippen molar-refractivity contribution in [2.75, 3.05) is 0 Å². The summed E-state index contributed by atoms with van der Waals surface area (Å²) >= 11 is 0. The highest BCUT2D eigenvalue weighted by Crippen LogP contribution is 2.21. The van der Waals surface area contributed by atoms with Gasteiger partial charge < -0.3 is 0 Å². The van der Waals surface area contributed by atoms with Gasteiger partial charge in [-0.2, -0.15) is 0 Å². The summed E-state index contributed by atoms with van der Waals surface area (Å²) in [5, 5.41) is 3.18. The van der Waals surface area contributed by atoms with Crippen molar-refractivity contribution in [3.05, 3.63) is 112 Å². The highest BCUT2D eigenvalue weighted by atomic mass is 19.1. The Morgan fingerprint density at radius 2 is 1.55 bits per heavy atom. The van der Waals surface area contributed by atoms with Crippen molar-refractivity contribution in [1.82, 2.24) is 9.78 Å². The molecule has 0 aliphatic heterocycles. The number of rotatable bonds is 5. The van der Waals surface area contributed by atoms with Gasteiger partial charge in [0.05, 0.1) is 23.5 Å². The van der Waals surface area contributed by atoms with E-state index in [9.17, 15) is 9.18 Å². The number of nitrogens with one attached hydrogen (secondary N) is 1. The van der Waals surface area contributed by atoms with E-state index in [2.05, 4.69) is 10.1 Å². The summed E-state index contributed by atoms with van der Waals surface area (Å²) in [4.78, 5) is 17.9. The van der Waals surface area contributed by atoms with Crippen LogP contribution in [0.25, 0.3) is 16.9 Å². The van der Waals surface area contributed by atoms with E-state index in [0.29, 0.717) is 29.2 Å². The Morgan fingerprint density at radius 1 is 0.931 bits per heavy atom. The lowest BCUT2D eigenvalue weighted by molar-refractivity contribution is 0.627. The van der Waals surface area contributed by atoms with Crippen molar-refractivity contribution in [2.45, 2.75) is 13.5 Å². The maximum absolute atomic E-state index is 13.3. The van der Waals surface area contributed by atoms with Crippen molar-refractivity contribution >= 4 is 5.71 Å². The number of hydrogen-bond donors (Lipinski definition) is 1. The van der Waals surface area contributed by atoms with Crippen LogP contribution in [-0.2, 0) is 6.54 Å². The minimum Gasteiger partial charge on any atom is -0.290 e. The molecule has 0 fully saturated rings. The summed E-state index contributed by atoms with van der Waals surface area (Å²) in [7, 11) is 0. The zero-order valence-corrected chi connectivity index (χ0v) is 16.0. The Hall–Kier alpha value is -3.73. The van der Waals surface area contributed by atoms with Crippen molar-refractivity contribution in [2.24, 2.45) is 4.99 Å². The molecule has 0 atom stereocenters. The fraction of sp³-hybridized carbons (Fsp3) is 0.0833. The molecule has 1 heterocycles. The lowest BCUT2D eigenvalue weighted by Crippen LogP contribution is -2.19. The third-order valence-corrected chi connectivity index (χ3v) is 4.74. The van der Waals surface area contributed by atoms with Gasteiger partial charge in [-0.1, -0.05) is 60.7 Å². The number of aliphatic imine (C=N–C) groups is 1. The van der Waals surface area contributed by atoms with Crippen LogP contribution in [0, 0.1) is 5.82 Å². The van der Waals surface area contributed by atoms with Gasteiger partial charge >= 0.3 is 0 Å². The van der Waals surface area contributed by atoms with Gasteiger partial charge in [0.2, 0.25) is 0 Å². The molecular formula is C24H20FN3O. The molecule has 5 heteroatoms. The molecule has 0 unspecified atom stereocenters. The minimum absolute atomic E-state index is 0.218. The summed E-state index contributed by atoms with van der Waals surface area (Å²) in [5.41, 5.74) is 4.15. The van der Waals surface area contributed by atoms with Gasteiger partial charge in [0.1, 0.15) is 5.82 Å². The highest BCUT2D eigenvalue weighted by Gasteiger charge is 2.19. The molecule has 3 aromatic carbocycles. The zero-order chi connectivity index (χ0) is 20.2. The summed E-state index contributed by atoms with van der Waals surface area (Å²) < 4.78 is 14.8. The number of benzene rings is 3. The van der Waals surface area contributed by atoms with E-state index in [1.807, 2.05) is 67.6 Å². The van der Waals surface area contributed by atoms with Crippen LogP contribution in [0.15, 0.2) is 94.7 Å². The van der Waals surface area contributed by atoms with Crippen molar-refractivity contribution in [3.8, 4) is 16.9 Å². The van der Waals surface area contributed by atoms with Gasteiger partial charge in [0, 0.05) is 11.3 Å². The average molecular weight is 385 g/mol. The maximum atomic E-state index is 13.3.